The van der Waals surface area contributed by atoms with Crippen LogP contribution in [0.4, 0.5) is 10.5 Å². The molecule has 0 saturated heterocycles. The van der Waals surface area contributed by atoms with E-state index in [4.69, 9.17) is 0 Å². The molecule has 0 radical (unpaired) electrons. The predicted molar refractivity (Wildman–Crippen MR) is 74.8 cm³/mol. The van der Waals surface area contributed by atoms with Crippen LogP contribution in [-0.2, 0) is 4.79 Å². The van der Waals surface area contributed by atoms with Crippen molar-refractivity contribution in [1.82, 2.24) is 4.90 Å². The van der Waals surface area contributed by atoms with Crippen LogP contribution in [0.2, 0.25) is 0 Å². The molecule has 100 valence electrons. The molecule has 3 amide bonds. The molecule has 1 aliphatic rings. The molecule has 1 aromatic rings. The number of carbonyl (C=O) groups excluding carboxylic acids is 2. The van der Waals surface area contributed by atoms with Crippen LogP contribution in [0.3, 0.4) is 0 Å². The van der Waals surface area contributed by atoms with Crippen molar-refractivity contribution < 1.29 is 9.59 Å². The molecule has 0 unspecified atom stereocenters. The molecule has 0 saturated carbocycles. The fraction of sp³-hybridized carbons (Fsp3) is 0.357. The minimum absolute atomic E-state index is 0.210. The second kappa shape index (κ2) is 4.84. The molecule has 5 heteroatoms. The second-order valence-corrected chi connectivity index (χ2v) is 4.71. The zero-order valence-corrected chi connectivity index (χ0v) is 11.6. The average Bonchev–Trinajstić information content (AvgIpc) is 2.61. The highest BCUT2D eigenvalue weighted by molar-refractivity contribution is 6.55. The first-order chi connectivity index (χ1) is 8.95. The Hall–Kier alpha value is -2.17. The summed E-state index contributed by atoms with van der Waals surface area (Å²) in [6, 6.07) is 5.32. The highest BCUT2D eigenvalue weighted by Crippen LogP contribution is 2.30. The maximum Gasteiger partial charge on any atom is 0.343 e. The van der Waals surface area contributed by atoms with Crippen LogP contribution in [0.15, 0.2) is 23.2 Å². The third-order valence-electron chi connectivity index (χ3n) is 3.05. The Morgan fingerprint density at radius 3 is 2.63 bits per heavy atom. The molecule has 0 spiro atoms. The van der Waals surface area contributed by atoms with Crippen molar-refractivity contribution in [3.8, 4) is 0 Å². The SMILES string of the molecule is CCN1C(=O)C(=NC(=O)N(C)C)c2cc(C)ccc21. The number of likely N-dealkylation sites (N-methyl/N-ethyl adjacent to an activating group) is 1. The van der Waals surface area contributed by atoms with Gasteiger partial charge in [-0.05, 0) is 26.0 Å². The third kappa shape index (κ3) is 2.23. The van der Waals surface area contributed by atoms with Gasteiger partial charge in [0.15, 0.2) is 0 Å². The highest BCUT2D eigenvalue weighted by Gasteiger charge is 2.33. The minimum Gasteiger partial charge on any atom is -0.329 e. The van der Waals surface area contributed by atoms with E-state index in [9.17, 15) is 9.59 Å². The Kier molecular flexibility index (Phi) is 3.38. The molecule has 1 aromatic carbocycles. The van der Waals surface area contributed by atoms with Gasteiger partial charge in [0.25, 0.3) is 5.91 Å². The molecular formula is C14H17N3O2. The maximum atomic E-state index is 12.3. The normalized spacial score (nSPS) is 15.9. The van der Waals surface area contributed by atoms with E-state index in [2.05, 4.69) is 4.99 Å². The van der Waals surface area contributed by atoms with Gasteiger partial charge in [-0.1, -0.05) is 11.6 Å². The Balaban J connectivity index is 2.56. The zero-order valence-electron chi connectivity index (χ0n) is 11.6. The first-order valence-corrected chi connectivity index (χ1v) is 6.18. The van der Waals surface area contributed by atoms with Crippen LogP contribution in [-0.4, -0.2) is 43.2 Å². The summed E-state index contributed by atoms with van der Waals surface area (Å²) in [5, 5.41) is 0. The molecule has 0 aromatic heterocycles. The molecule has 0 fully saturated rings. The fourth-order valence-corrected chi connectivity index (χ4v) is 2.05. The molecule has 19 heavy (non-hydrogen) atoms. The lowest BCUT2D eigenvalue weighted by Gasteiger charge is -2.13. The standard InChI is InChI=1S/C14H17N3O2/c1-5-17-11-7-6-9(2)8-10(11)12(13(17)18)15-14(19)16(3)4/h6-8H,5H2,1-4H3. The molecule has 0 atom stereocenters. The largest absolute Gasteiger partial charge is 0.343 e. The van der Waals surface area contributed by atoms with Crippen molar-refractivity contribution in [3.63, 3.8) is 0 Å². The van der Waals surface area contributed by atoms with Crippen LogP contribution in [0.5, 0.6) is 0 Å². The number of urea groups is 1. The van der Waals surface area contributed by atoms with E-state index in [0.717, 1.165) is 16.8 Å². The second-order valence-electron chi connectivity index (χ2n) is 4.71. The quantitative estimate of drug-likeness (QED) is 0.772. The number of rotatable bonds is 1. The summed E-state index contributed by atoms with van der Waals surface area (Å²) in [6.07, 6.45) is 0. The molecular weight excluding hydrogens is 242 g/mol. The molecule has 1 aliphatic heterocycles. The van der Waals surface area contributed by atoms with Gasteiger partial charge in [-0.15, -0.1) is 0 Å². The fourth-order valence-electron chi connectivity index (χ4n) is 2.05. The van der Waals surface area contributed by atoms with Gasteiger partial charge in [0.05, 0.1) is 5.69 Å². The molecule has 1 heterocycles. The van der Waals surface area contributed by atoms with Crippen LogP contribution < -0.4 is 4.90 Å². The predicted octanol–water partition coefficient (Wildman–Crippen LogP) is 1.83. The smallest absolute Gasteiger partial charge is 0.329 e. The number of hydrogen-bond donors (Lipinski definition) is 0. The first kappa shape index (κ1) is 13.3. The van der Waals surface area contributed by atoms with Crippen LogP contribution in [0.25, 0.3) is 0 Å². The lowest BCUT2D eigenvalue weighted by molar-refractivity contribution is -0.112. The van der Waals surface area contributed by atoms with Crippen molar-refractivity contribution in [2.24, 2.45) is 4.99 Å². The van der Waals surface area contributed by atoms with Gasteiger partial charge in [0.1, 0.15) is 5.71 Å². The molecule has 0 bridgehead atoms. The van der Waals surface area contributed by atoms with Crippen molar-refractivity contribution >= 4 is 23.3 Å². The lowest BCUT2D eigenvalue weighted by atomic mass is 10.1. The van der Waals surface area contributed by atoms with Gasteiger partial charge >= 0.3 is 6.03 Å². The number of hydrogen-bond acceptors (Lipinski definition) is 2. The van der Waals surface area contributed by atoms with E-state index in [-0.39, 0.29) is 11.6 Å². The van der Waals surface area contributed by atoms with Gasteiger partial charge < -0.3 is 9.80 Å². The maximum absolute atomic E-state index is 12.3. The van der Waals surface area contributed by atoms with Gasteiger partial charge in [-0.25, -0.2) is 4.79 Å². The summed E-state index contributed by atoms with van der Waals surface area (Å²) < 4.78 is 0. The Bertz CT molecular complexity index is 576. The van der Waals surface area contributed by atoms with Crippen molar-refractivity contribution in [2.45, 2.75) is 13.8 Å². The third-order valence-corrected chi connectivity index (χ3v) is 3.05. The number of benzene rings is 1. The van der Waals surface area contributed by atoms with Gasteiger partial charge in [-0.2, -0.15) is 4.99 Å². The van der Waals surface area contributed by atoms with E-state index in [1.54, 1.807) is 19.0 Å². The van der Waals surface area contributed by atoms with Crippen molar-refractivity contribution in [3.05, 3.63) is 29.3 Å². The van der Waals surface area contributed by atoms with Gasteiger partial charge in [-0.3, -0.25) is 4.79 Å². The summed E-state index contributed by atoms with van der Waals surface area (Å²) >= 11 is 0. The summed E-state index contributed by atoms with van der Waals surface area (Å²) in [5.41, 5.74) is 2.83. The number of amides is 3. The van der Waals surface area contributed by atoms with E-state index >= 15 is 0 Å². The number of nitrogens with zero attached hydrogens (tertiary/aromatic N) is 3. The highest BCUT2D eigenvalue weighted by atomic mass is 16.2. The van der Waals surface area contributed by atoms with E-state index in [1.165, 1.54) is 4.90 Å². The topological polar surface area (TPSA) is 53.0 Å². The van der Waals surface area contributed by atoms with Gasteiger partial charge in [0, 0.05) is 26.2 Å². The van der Waals surface area contributed by atoms with Gasteiger partial charge in [0.2, 0.25) is 0 Å². The minimum atomic E-state index is -0.422. The van der Waals surface area contributed by atoms with Crippen molar-refractivity contribution in [2.75, 3.05) is 25.5 Å². The molecule has 5 nitrogen and oxygen atoms in total. The number of fused-ring (bicyclic) bond motifs is 1. The summed E-state index contributed by atoms with van der Waals surface area (Å²) in [5.74, 6) is -0.210. The van der Waals surface area contributed by atoms with E-state index in [0.29, 0.717) is 6.54 Å². The molecule has 0 N–H and O–H groups in total. The monoisotopic (exact) mass is 259 g/mol. The van der Waals surface area contributed by atoms with E-state index in [1.807, 2.05) is 32.0 Å². The Morgan fingerprint density at radius 1 is 1.37 bits per heavy atom. The van der Waals surface area contributed by atoms with Crippen LogP contribution >= 0.6 is 0 Å². The first-order valence-electron chi connectivity index (χ1n) is 6.18. The molecule has 2 rings (SSSR count). The number of carbonyl (C=O) groups is 2. The summed E-state index contributed by atoms with van der Waals surface area (Å²) in [6.45, 7) is 4.41. The number of aliphatic imine (C=N–C) groups is 1. The summed E-state index contributed by atoms with van der Waals surface area (Å²) in [4.78, 5) is 30.9. The molecule has 0 aliphatic carbocycles. The zero-order chi connectivity index (χ0) is 14.2. The number of aryl methyl sites for hydroxylation is 1. The van der Waals surface area contributed by atoms with Crippen molar-refractivity contribution in [1.29, 1.82) is 0 Å². The van der Waals surface area contributed by atoms with Crippen LogP contribution in [0.1, 0.15) is 18.1 Å². The lowest BCUT2D eigenvalue weighted by Crippen LogP contribution is -2.31. The number of anilines is 1. The summed E-state index contributed by atoms with van der Waals surface area (Å²) in [7, 11) is 3.22. The Morgan fingerprint density at radius 2 is 2.05 bits per heavy atom. The Labute approximate surface area is 112 Å². The van der Waals surface area contributed by atoms with Crippen LogP contribution in [0, 0.1) is 6.92 Å². The van der Waals surface area contributed by atoms with E-state index < -0.39 is 6.03 Å². The average molecular weight is 259 g/mol.